The first kappa shape index (κ1) is 21.7. The molecule has 0 N–H and O–H groups in total. The second-order valence-corrected chi connectivity index (χ2v) is 9.32. The van der Waals surface area contributed by atoms with Crippen molar-refractivity contribution in [3.63, 3.8) is 0 Å². The Morgan fingerprint density at radius 2 is 1.44 bits per heavy atom. The van der Waals surface area contributed by atoms with Gasteiger partial charge in [0.1, 0.15) is 11.0 Å². The molecular formula is C28H26O4. The Labute approximate surface area is 188 Å². The van der Waals surface area contributed by atoms with E-state index < -0.39 is 17.0 Å². The van der Waals surface area contributed by atoms with Gasteiger partial charge in [-0.2, -0.15) is 0 Å². The maximum atomic E-state index is 13.5. The summed E-state index contributed by atoms with van der Waals surface area (Å²) in [5.41, 5.74) is 1.42. The van der Waals surface area contributed by atoms with Crippen LogP contribution >= 0.6 is 0 Å². The minimum atomic E-state index is -1.30. The molecule has 1 aliphatic carbocycles. The molecule has 0 aliphatic heterocycles. The average molecular weight is 427 g/mol. The lowest BCUT2D eigenvalue weighted by Crippen LogP contribution is -2.43. The van der Waals surface area contributed by atoms with Crippen LogP contribution < -0.4 is 0 Å². The lowest BCUT2D eigenvalue weighted by atomic mass is 9.77. The summed E-state index contributed by atoms with van der Waals surface area (Å²) in [6.07, 6.45) is 0.525. The molecule has 4 rings (SSSR count). The molecule has 0 unspecified atom stereocenters. The fourth-order valence-electron chi connectivity index (χ4n) is 4.19. The van der Waals surface area contributed by atoms with Gasteiger partial charge in [0, 0.05) is 16.7 Å². The normalized spacial score (nSPS) is 17.7. The number of carbonyl (C=O) groups excluding carboxylic acids is 3. The molecule has 0 saturated carbocycles. The van der Waals surface area contributed by atoms with Crippen molar-refractivity contribution in [2.75, 3.05) is 0 Å². The summed E-state index contributed by atoms with van der Waals surface area (Å²) < 4.78 is 5.70. The molecule has 0 aromatic heterocycles. The van der Waals surface area contributed by atoms with Crippen LogP contribution in [0.1, 0.15) is 58.2 Å². The molecule has 0 fully saturated rings. The molecule has 0 heterocycles. The van der Waals surface area contributed by atoms with E-state index in [0.717, 1.165) is 11.1 Å². The van der Waals surface area contributed by atoms with Gasteiger partial charge in [0.05, 0.1) is 0 Å². The van der Waals surface area contributed by atoms with Crippen molar-refractivity contribution in [1.82, 2.24) is 0 Å². The van der Waals surface area contributed by atoms with Gasteiger partial charge in [0.2, 0.25) is 0 Å². The van der Waals surface area contributed by atoms with Gasteiger partial charge in [-0.25, -0.2) is 0 Å². The maximum Gasteiger partial charge on any atom is 0.321 e. The van der Waals surface area contributed by atoms with Gasteiger partial charge in [-0.1, -0.05) is 78.9 Å². The third-order valence-electron chi connectivity index (χ3n) is 5.74. The van der Waals surface area contributed by atoms with Gasteiger partial charge in [-0.05, 0) is 44.7 Å². The average Bonchev–Trinajstić information content (AvgIpc) is 3.06. The zero-order valence-electron chi connectivity index (χ0n) is 18.6. The number of esters is 1. The Bertz CT molecular complexity index is 1170. The van der Waals surface area contributed by atoms with E-state index in [1.54, 1.807) is 51.1 Å². The van der Waals surface area contributed by atoms with Gasteiger partial charge < -0.3 is 4.74 Å². The summed E-state index contributed by atoms with van der Waals surface area (Å²) >= 11 is 0. The Kier molecular flexibility index (Phi) is 5.55. The summed E-state index contributed by atoms with van der Waals surface area (Å²) in [6.45, 7) is 5.40. The van der Waals surface area contributed by atoms with E-state index in [1.165, 1.54) is 0 Å². The van der Waals surface area contributed by atoms with Gasteiger partial charge in [-0.15, -0.1) is 0 Å². The Hall–Kier alpha value is -3.53. The van der Waals surface area contributed by atoms with E-state index in [9.17, 15) is 14.4 Å². The number of hydrogen-bond donors (Lipinski definition) is 0. The highest BCUT2D eigenvalue weighted by atomic mass is 16.6. The van der Waals surface area contributed by atoms with E-state index in [1.807, 2.05) is 48.5 Å². The fourth-order valence-corrected chi connectivity index (χ4v) is 4.19. The molecule has 0 saturated heterocycles. The van der Waals surface area contributed by atoms with Gasteiger partial charge in [-0.3, -0.25) is 14.4 Å². The highest BCUT2D eigenvalue weighted by Gasteiger charge is 2.53. The number of benzene rings is 3. The topological polar surface area (TPSA) is 60.4 Å². The van der Waals surface area contributed by atoms with Crippen molar-refractivity contribution < 1.29 is 19.1 Å². The van der Waals surface area contributed by atoms with Gasteiger partial charge in [0.15, 0.2) is 11.6 Å². The van der Waals surface area contributed by atoms with E-state index in [-0.39, 0.29) is 18.0 Å². The molecule has 4 heteroatoms. The molecule has 0 radical (unpaired) electrons. The lowest BCUT2D eigenvalue weighted by molar-refractivity contribution is -0.164. The molecule has 3 aromatic carbocycles. The van der Waals surface area contributed by atoms with E-state index in [4.69, 9.17) is 4.74 Å². The number of fused-ring (bicyclic) bond motifs is 1. The first-order valence-corrected chi connectivity index (χ1v) is 10.7. The van der Waals surface area contributed by atoms with Gasteiger partial charge in [0.25, 0.3) is 0 Å². The third-order valence-corrected chi connectivity index (χ3v) is 5.74. The molecule has 0 spiro atoms. The molecule has 4 nitrogen and oxygen atoms in total. The summed E-state index contributed by atoms with van der Waals surface area (Å²) in [5.74, 6) is -0.772. The van der Waals surface area contributed by atoms with Crippen LogP contribution in [0.15, 0.2) is 78.9 Å². The summed E-state index contributed by atoms with van der Waals surface area (Å²) in [7, 11) is 0. The van der Waals surface area contributed by atoms with Crippen LogP contribution in [0.2, 0.25) is 0 Å². The van der Waals surface area contributed by atoms with Crippen molar-refractivity contribution in [3.05, 3.63) is 107 Å². The van der Waals surface area contributed by atoms with Crippen LogP contribution in [0.3, 0.4) is 0 Å². The van der Waals surface area contributed by atoms with E-state index in [2.05, 4.69) is 0 Å². The first-order valence-electron chi connectivity index (χ1n) is 10.7. The summed E-state index contributed by atoms with van der Waals surface area (Å²) in [5, 5.41) is 0. The Morgan fingerprint density at radius 3 is 2.06 bits per heavy atom. The second-order valence-electron chi connectivity index (χ2n) is 9.32. The van der Waals surface area contributed by atoms with Crippen molar-refractivity contribution in [1.29, 1.82) is 0 Å². The van der Waals surface area contributed by atoms with Crippen LogP contribution in [0.25, 0.3) is 0 Å². The fraction of sp³-hybridized carbons (Fsp3) is 0.250. The van der Waals surface area contributed by atoms with Gasteiger partial charge >= 0.3 is 5.97 Å². The van der Waals surface area contributed by atoms with Crippen LogP contribution in [0.4, 0.5) is 0 Å². The van der Waals surface area contributed by atoms with Crippen LogP contribution in [0.5, 0.6) is 0 Å². The zero-order chi connectivity index (χ0) is 22.9. The Morgan fingerprint density at radius 1 is 0.844 bits per heavy atom. The molecule has 3 aromatic rings. The largest absolute Gasteiger partial charge is 0.459 e. The molecule has 0 bridgehead atoms. The smallest absolute Gasteiger partial charge is 0.321 e. The van der Waals surface area contributed by atoms with Crippen molar-refractivity contribution in [3.8, 4) is 0 Å². The number of carbonyl (C=O) groups is 3. The Balaban J connectivity index is 1.65. The predicted molar refractivity (Wildman–Crippen MR) is 123 cm³/mol. The minimum Gasteiger partial charge on any atom is -0.459 e. The van der Waals surface area contributed by atoms with Crippen molar-refractivity contribution >= 4 is 17.5 Å². The molecule has 1 atom stereocenters. The highest BCUT2D eigenvalue weighted by molar-refractivity contribution is 6.16. The number of ketones is 2. The molecular weight excluding hydrogens is 400 g/mol. The maximum absolute atomic E-state index is 13.5. The second kappa shape index (κ2) is 8.19. The number of hydrogen-bond acceptors (Lipinski definition) is 4. The zero-order valence-corrected chi connectivity index (χ0v) is 18.6. The molecule has 32 heavy (non-hydrogen) atoms. The molecule has 1 aliphatic rings. The quantitative estimate of drug-likeness (QED) is 0.319. The predicted octanol–water partition coefficient (Wildman–Crippen LogP) is 5.23. The lowest BCUT2D eigenvalue weighted by Gasteiger charge is -2.30. The van der Waals surface area contributed by atoms with E-state index in [0.29, 0.717) is 23.1 Å². The van der Waals surface area contributed by atoms with Crippen LogP contribution in [-0.2, 0) is 22.4 Å². The van der Waals surface area contributed by atoms with Crippen molar-refractivity contribution in [2.45, 2.75) is 39.2 Å². The third kappa shape index (κ3) is 4.13. The molecule has 162 valence electrons. The standard InChI is InChI=1S/C28H26O4/c1-27(2,3)32-26(31)28(18-22-11-7-8-12-23(22)25(28)30)17-19-13-15-21(16-14-19)24(29)20-9-5-4-6-10-20/h4-16H,17-18H2,1-3H3/t28-/m1/s1. The van der Waals surface area contributed by atoms with Crippen LogP contribution in [-0.4, -0.2) is 23.1 Å². The SMILES string of the molecule is CC(C)(C)OC(=O)[C@]1(Cc2ccc(C(=O)c3ccccc3)cc2)Cc2ccccc2C1=O. The number of rotatable bonds is 5. The summed E-state index contributed by atoms with van der Waals surface area (Å²) in [4.78, 5) is 39.5. The highest BCUT2D eigenvalue weighted by Crippen LogP contribution is 2.41. The summed E-state index contributed by atoms with van der Waals surface area (Å²) in [6, 6.07) is 23.6. The first-order chi connectivity index (χ1) is 15.2. The van der Waals surface area contributed by atoms with Crippen molar-refractivity contribution in [2.24, 2.45) is 5.41 Å². The number of Topliss-reactive ketones (excluding diaryl/α,β-unsaturated/α-hetero) is 1. The van der Waals surface area contributed by atoms with E-state index >= 15 is 0 Å². The number of ether oxygens (including phenoxy) is 1. The molecule has 0 amide bonds. The van der Waals surface area contributed by atoms with Crippen LogP contribution in [0, 0.1) is 5.41 Å². The monoisotopic (exact) mass is 426 g/mol. The minimum absolute atomic E-state index is 0.0663.